The minimum atomic E-state index is 0.0240. The van der Waals surface area contributed by atoms with Crippen molar-refractivity contribution in [1.29, 1.82) is 0 Å². The first-order valence-electron chi connectivity index (χ1n) is 8.15. The Kier molecular flexibility index (Phi) is 4.87. The molecule has 1 aromatic carbocycles. The van der Waals surface area contributed by atoms with Crippen LogP contribution in [0.2, 0.25) is 0 Å². The van der Waals surface area contributed by atoms with E-state index in [1.54, 1.807) is 0 Å². The summed E-state index contributed by atoms with van der Waals surface area (Å²) >= 11 is 3.41. The van der Waals surface area contributed by atoms with Crippen molar-refractivity contribution < 1.29 is 4.79 Å². The maximum absolute atomic E-state index is 12.6. The lowest BCUT2D eigenvalue weighted by Crippen LogP contribution is -2.39. The van der Waals surface area contributed by atoms with Crippen LogP contribution in [-0.2, 0) is 0 Å². The van der Waals surface area contributed by atoms with Gasteiger partial charge in [-0.2, -0.15) is 0 Å². The van der Waals surface area contributed by atoms with Crippen molar-refractivity contribution in [1.82, 2.24) is 4.90 Å². The quantitative estimate of drug-likeness (QED) is 0.741. The summed E-state index contributed by atoms with van der Waals surface area (Å²) in [6.45, 7) is 3.82. The Balaban J connectivity index is 1.61. The Labute approximate surface area is 140 Å². The number of hydrogen-bond acceptors (Lipinski definition) is 1. The molecule has 2 bridgehead atoms. The molecule has 2 aliphatic rings. The van der Waals surface area contributed by atoms with Crippen LogP contribution in [0.5, 0.6) is 0 Å². The van der Waals surface area contributed by atoms with Gasteiger partial charge in [0.25, 0.3) is 0 Å². The molecule has 1 fully saturated rings. The molecule has 0 aliphatic heterocycles. The normalized spacial score (nSPS) is 25.5. The van der Waals surface area contributed by atoms with Gasteiger partial charge in [0.15, 0.2) is 0 Å². The highest BCUT2D eigenvalue weighted by molar-refractivity contribution is 9.10. The maximum atomic E-state index is 12.6. The molecule has 3 atom stereocenters. The SMILES string of the molecule is CCCN(CC1CC2C=CC1C2)C(=O)Nc1ccc(Br)cc1. The number of hydrogen-bond donors (Lipinski definition) is 1. The monoisotopic (exact) mass is 362 g/mol. The largest absolute Gasteiger partial charge is 0.324 e. The van der Waals surface area contributed by atoms with Gasteiger partial charge in [0, 0.05) is 23.2 Å². The summed E-state index contributed by atoms with van der Waals surface area (Å²) in [7, 11) is 0. The molecule has 2 amide bonds. The molecule has 3 nitrogen and oxygen atoms in total. The number of carbonyl (C=O) groups is 1. The lowest BCUT2D eigenvalue weighted by atomic mass is 9.93. The summed E-state index contributed by atoms with van der Waals surface area (Å²) in [6.07, 6.45) is 8.24. The van der Waals surface area contributed by atoms with Gasteiger partial charge in [-0.3, -0.25) is 0 Å². The van der Waals surface area contributed by atoms with Crippen LogP contribution in [0.1, 0.15) is 26.2 Å². The van der Waals surface area contributed by atoms with E-state index in [-0.39, 0.29) is 6.03 Å². The van der Waals surface area contributed by atoms with Crippen molar-refractivity contribution in [2.75, 3.05) is 18.4 Å². The average molecular weight is 363 g/mol. The van der Waals surface area contributed by atoms with Crippen LogP contribution in [0.4, 0.5) is 10.5 Å². The Morgan fingerprint density at radius 1 is 1.27 bits per heavy atom. The molecule has 1 N–H and O–H groups in total. The zero-order chi connectivity index (χ0) is 15.5. The van der Waals surface area contributed by atoms with Gasteiger partial charge < -0.3 is 10.2 Å². The molecule has 0 spiro atoms. The number of carbonyl (C=O) groups excluding carboxylic acids is 1. The first-order valence-corrected chi connectivity index (χ1v) is 8.95. The zero-order valence-corrected chi connectivity index (χ0v) is 14.6. The first-order chi connectivity index (χ1) is 10.7. The van der Waals surface area contributed by atoms with E-state index in [1.165, 1.54) is 12.8 Å². The predicted octanol–water partition coefficient (Wildman–Crippen LogP) is 4.91. The van der Waals surface area contributed by atoms with Gasteiger partial charge in [-0.15, -0.1) is 0 Å². The number of fused-ring (bicyclic) bond motifs is 2. The van der Waals surface area contributed by atoms with Crippen molar-refractivity contribution in [2.45, 2.75) is 26.2 Å². The fourth-order valence-electron chi connectivity index (χ4n) is 3.67. The molecule has 22 heavy (non-hydrogen) atoms. The van der Waals surface area contributed by atoms with E-state index in [1.807, 2.05) is 29.2 Å². The lowest BCUT2D eigenvalue weighted by Gasteiger charge is -2.28. The van der Waals surface area contributed by atoms with Crippen molar-refractivity contribution in [3.05, 3.63) is 40.9 Å². The Hall–Kier alpha value is -1.29. The number of nitrogens with one attached hydrogen (secondary N) is 1. The second-order valence-electron chi connectivity index (χ2n) is 6.42. The zero-order valence-electron chi connectivity index (χ0n) is 13.0. The van der Waals surface area contributed by atoms with Crippen LogP contribution >= 0.6 is 15.9 Å². The molecule has 118 valence electrons. The van der Waals surface area contributed by atoms with Crippen molar-refractivity contribution in [3.63, 3.8) is 0 Å². The summed E-state index contributed by atoms with van der Waals surface area (Å²) in [5.41, 5.74) is 0.849. The van der Waals surface area contributed by atoms with Crippen LogP contribution in [-0.4, -0.2) is 24.0 Å². The Morgan fingerprint density at radius 3 is 2.64 bits per heavy atom. The van der Waals surface area contributed by atoms with E-state index in [9.17, 15) is 4.79 Å². The molecule has 3 rings (SSSR count). The molecule has 0 radical (unpaired) electrons. The fourth-order valence-corrected chi connectivity index (χ4v) is 3.93. The number of rotatable bonds is 5. The highest BCUT2D eigenvalue weighted by atomic mass is 79.9. The van der Waals surface area contributed by atoms with E-state index in [0.29, 0.717) is 11.8 Å². The molecular weight excluding hydrogens is 340 g/mol. The van der Waals surface area contributed by atoms with Crippen molar-refractivity contribution in [3.8, 4) is 0 Å². The third-order valence-electron chi connectivity index (χ3n) is 4.75. The highest BCUT2D eigenvalue weighted by Crippen LogP contribution is 2.43. The molecule has 0 aromatic heterocycles. The van der Waals surface area contributed by atoms with E-state index in [2.05, 4.69) is 40.3 Å². The van der Waals surface area contributed by atoms with Gasteiger partial charge in [0.05, 0.1) is 0 Å². The van der Waals surface area contributed by atoms with Crippen molar-refractivity contribution in [2.24, 2.45) is 17.8 Å². The minimum Gasteiger partial charge on any atom is -0.324 e. The third-order valence-corrected chi connectivity index (χ3v) is 5.28. The molecular formula is C18H23BrN2O. The topological polar surface area (TPSA) is 32.3 Å². The predicted molar refractivity (Wildman–Crippen MR) is 93.9 cm³/mol. The Bertz CT molecular complexity index is 555. The van der Waals surface area contributed by atoms with Gasteiger partial charge in [-0.05, 0) is 61.3 Å². The van der Waals surface area contributed by atoms with E-state index >= 15 is 0 Å². The van der Waals surface area contributed by atoms with Gasteiger partial charge in [0.1, 0.15) is 0 Å². The smallest absolute Gasteiger partial charge is 0.321 e. The number of halogens is 1. The fraction of sp³-hybridized carbons (Fsp3) is 0.500. The number of amides is 2. The molecule has 3 unspecified atom stereocenters. The van der Waals surface area contributed by atoms with Gasteiger partial charge in [0.2, 0.25) is 0 Å². The third kappa shape index (κ3) is 3.54. The number of urea groups is 1. The maximum Gasteiger partial charge on any atom is 0.321 e. The number of allylic oxidation sites excluding steroid dienone is 2. The average Bonchev–Trinajstić information content (AvgIpc) is 3.12. The number of nitrogens with zero attached hydrogens (tertiary/aromatic N) is 1. The lowest BCUT2D eigenvalue weighted by molar-refractivity contribution is 0.195. The first kappa shape index (κ1) is 15.6. The summed E-state index contributed by atoms with van der Waals surface area (Å²) < 4.78 is 1.02. The second kappa shape index (κ2) is 6.86. The van der Waals surface area contributed by atoms with E-state index in [4.69, 9.17) is 0 Å². The number of anilines is 1. The summed E-state index contributed by atoms with van der Waals surface area (Å²) in [6, 6.07) is 7.76. The van der Waals surface area contributed by atoms with Gasteiger partial charge in [-0.1, -0.05) is 35.0 Å². The van der Waals surface area contributed by atoms with Gasteiger partial charge >= 0.3 is 6.03 Å². The summed E-state index contributed by atoms with van der Waals surface area (Å²) in [5.74, 6) is 2.08. The molecule has 0 heterocycles. The molecule has 1 aromatic rings. The minimum absolute atomic E-state index is 0.0240. The summed E-state index contributed by atoms with van der Waals surface area (Å²) in [4.78, 5) is 14.6. The molecule has 1 saturated carbocycles. The van der Waals surface area contributed by atoms with Crippen LogP contribution < -0.4 is 5.32 Å². The summed E-state index contributed by atoms with van der Waals surface area (Å²) in [5, 5.41) is 3.02. The second-order valence-corrected chi connectivity index (χ2v) is 7.34. The van der Waals surface area contributed by atoms with E-state index < -0.39 is 0 Å². The van der Waals surface area contributed by atoms with E-state index in [0.717, 1.165) is 35.6 Å². The highest BCUT2D eigenvalue weighted by Gasteiger charge is 2.36. The van der Waals surface area contributed by atoms with Gasteiger partial charge in [-0.25, -0.2) is 4.79 Å². The van der Waals surface area contributed by atoms with Crippen LogP contribution in [0.25, 0.3) is 0 Å². The Morgan fingerprint density at radius 2 is 2.05 bits per heavy atom. The standard InChI is InChI=1S/C18H23BrN2O/c1-2-9-21(12-15-11-13-3-4-14(15)10-13)18(22)20-17-7-5-16(19)6-8-17/h3-8,13-15H,2,9-12H2,1H3,(H,20,22). The number of benzene rings is 1. The van der Waals surface area contributed by atoms with Crippen LogP contribution in [0.3, 0.4) is 0 Å². The van der Waals surface area contributed by atoms with Crippen LogP contribution in [0.15, 0.2) is 40.9 Å². The molecule has 2 aliphatic carbocycles. The van der Waals surface area contributed by atoms with Crippen molar-refractivity contribution >= 4 is 27.6 Å². The molecule has 0 saturated heterocycles. The molecule has 4 heteroatoms. The van der Waals surface area contributed by atoms with Crippen LogP contribution in [0, 0.1) is 17.8 Å².